The van der Waals surface area contributed by atoms with E-state index >= 15 is 0 Å². The first-order valence-corrected chi connectivity index (χ1v) is 9.85. The lowest BCUT2D eigenvalue weighted by Gasteiger charge is -2.26. The number of benzene rings is 2. The third kappa shape index (κ3) is 4.03. The summed E-state index contributed by atoms with van der Waals surface area (Å²) in [7, 11) is 0. The lowest BCUT2D eigenvalue weighted by molar-refractivity contribution is 0.0844. The van der Waals surface area contributed by atoms with Gasteiger partial charge in [-0.2, -0.15) is 0 Å². The molecule has 2 heterocycles. The fourth-order valence-corrected chi connectivity index (χ4v) is 3.49. The van der Waals surface area contributed by atoms with Crippen molar-refractivity contribution in [3.8, 4) is 11.5 Å². The summed E-state index contributed by atoms with van der Waals surface area (Å²) < 4.78 is 12.3. The van der Waals surface area contributed by atoms with Gasteiger partial charge in [0, 0.05) is 30.4 Å². The fourth-order valence-electron chi connectivity index (χ4n) is 3.49. The predicted molar refractivity (Wildman–Crippen MR) is 112 cm³/mol. The summed E-state index contributed by atoms with van der Waals surface area (Å²) in [4.78, 5) is 27.8. The number of Topliss-reactive ketones (excluding diaryl/α,β-unsaturated/α-hetero) is 1. The quantitative estimate of drug-likeness (QED) is 0.670. The van der Waals surface area contributed by atoms with E-state index in [4.69, 9.17) is 15.2 Å². The lowest BCUT2D eigenvalue weighted by Crippen LogP contribution is -2.26. The van der Waals surface area contributed by atoms with Gasteiger partial charge in [-0.05, 0) is 53.9 Å². The Morgan fingerprint density at radius 3 is 2.50 bits per heavy atom. The molecule has 0 spiro atoms. The highest BCUT2D eigenvalue weighted by Crippen LogP contribution is 2.35. The normalized spacial score (nSPS) is 16.3. The van der Waals surface area contributed by atoms with Gasteiger partial charge in [0.05, 0.1) is 5.56 Å². The number of nitrogens with zero attached hydrogens (tertiary/aromatic N) is 1. The Balaban J connectivity index is 1.67. The molecule has 0 aliphatic carbocycles. The second kappa shape index (κ2) is 8.37. The SMILES string of the molecule is CCC1CC(=O)c2ccc(O[C@H](c3ccncc3)c3ccc(C(N)=O)cc3)cc2O1. The van der Waals surface area contributed by atoms with Crippen LogP contribution in [0.1, 0.15) is 57.7 Å². The second-order valence-corrected chi connectivity index (χ2v) is 7.20. The molecule has 30 heavy (non-hydrogen) atoms. The zero-order valence-corrected chi connectivity index (χ0v) is 16.6. The summed E-state index contributed by atoms with van der Waals surface area (Å²) in [6.45, 7) is 2.00. The van der Waals surface area contributed by atoms with Crippen LogP contribution in [0.4, 0.5) is 0 Å². The van der Waals surface area contributed by atoms with Crippen molar-refractivity contribution in [3.63, 3.8) is 0 Å². The first-order chi connectivity index (χ1) is 14.5. The molecule has 2 atom stereocenters. The molecule has 1 aliphatic heterocycles. The Morgan fingerprint density at radius 1 is 1.13 bits per heavy atom. The van der Waals surface area contributed by atoms with Crippen molar-refractivity contribution in [1.82, 2.24) is 4.98 Å². The smallest absolute Gasteiger partial charge is 0.248 e. The number of pyridine rings is 1. The number of hydrogen-bond acceptors (Lipinski definition) is 5. The van der Waals surface area contributed by atoms with Crippen LogP contribution in [0.15, 0.2) is 67.0 Å². The minimum Gasteiger partial charge on any atom is -0.489 e. The van der Waals surface area contributed by atoms with Gasteiger partial charge in [0.2, 0.25) is 5.91 Å². The van der Waals surface area contributed by atoms with E-state index in [0.717, 1.165) is 17.5 Å². The van der Waals surface area contributed by atoms with Crippen molar-refractivity contribution < 1.29 is 19.1 Å². The molecule has 3 aromatic rings. The van der Waals surface area contributed by atoms with Crippen LogP contribution in [0.5, 0.6) is 11.5 Å². The molecule has 1 aromatic heterocycles. The van der Waals surface area contributed by atoms with Gasteiger partial charge in [-0.25, -0.2) is 0 Å². The summed E-state index contributed by atoms with van der Waals surface area (Å²) in [6.07, 6.45) is 4.01. The van der Waals surface area contributed by atoms with Gasteiger partial charge in [0.1, 0.15) is 23.7 Å². The molecular weight excluding hydrogens is 380 g/mol. The summed E-state index contributed by atoms with van der Waals surface area (Å²) in [5.41, 5.74) is 8.12. The summed E-state index contributed by atoms with van der Waals surface area (Å²) in [6, 6.07) is 16.0. The van der Waals surface area contributed by atoms with E-state index in [1.165, 1.54) is 0 Å². The fraction of sp³-hybridized carbons (Fsp3) is 0.208. The van der Waals surface area contributed by atoms with Gasteiger partial charge < -0.3 is 15.2 Å². The Hall–Kier alpha value is -3.67. The van der Waals surface area contributed by atoms with E-state index in [0.29, 0.717) is 29.0 Å². The third-order valence-electron chi connectivity index (χ3n) is 5.18. The molecule has 0 bridgehead atoms. The molecule has 6 heteroatoms. The first-order valence-electron chi connectivity index (χ1n) is 9.85. The van der Waals surface area contributed by atoms with Crippen LogP contribution in [0.3, 0.4) is 0 Å². The maximum Gasteiger partial charge on any atom is 0.248 e. The van der Waals surface area contributed by atoms with Crippen molar-refractivity contribution in [1.29, 1.82) is 0 Å². The number of carbonyl (C=O) groups is 2. The minimum absolute atomic E-state index is 0.0855. The van der Waals surface area contributed by atoms with E-state index in [1.807, 2.05) is 31.2 Å². The molecule has 2 N–H and O–H groups in total. The molecule has 152 valence electrons. The van der Waals surface area contributed by atoms with Crippen molar-refractivity contribution in [3.05, 3.63) is 89.2 Å². The number of amides is 1. The molecule has 1 unspecified atom stereocenters. The van der Waals surface area contributed by atoms with Crippen LogP contribution in [-0.2, 0) is 0 Å². The number of nitrogens with two attached hydrogens (primary N) is 1. The highest BCUT2D eigenvalue weighted by Gasteiger charge is 2.26. The van der Waals surface area contributed by atoms with Crippen molar-refractivity contribution >= 4 is 11.7 Å². The molecule has 0 radical (unpaired) electrons. The minimum atomic E-state index is -0.482. The number of ether oxygens (including phenoxy) is 2. The van der Waals surface area contributed by atoms with E-state index in [9.17, 15) is 9.59 Å². The molecular formula is C24H22N2O4. The molecule has 4 rings (SSSR count). The van der Waals surface area contributed by atoms with E-state index < -0.39 is 12.0 Å². The topological polar surface area (TPSA) is 91.5 Å². The van der Waals surface area contributed by atoms with E-state index in [1.54, 1.807) is 42.7 Å². The Bertz CT molecular complexity index is 1060. The third-order valence-corrected chi connectivity index (χ3v) is 5.18. The van der Waals surface area contributed by atoms with Crippen LogP contribution in [0.2, 0.25) is 0 Å². The number of ketones is 1. The average Bonchev–Trinajstić information content (AvgIpc) is 2.77. The number of carbonyl (C=O) groups excluding carboxylic acids is 2. The number of hydrogen-bond donors (Lipinski definition) is 1. The maximum atomic E-state index is 12.4. The van der Waals surface area contributed by atoms with Crippen LogP contribution >= 0.6 is 0 Å². The molecule has 1 aliphatic rings. The van der Waals surface area contributed by atoms with Gasteiger partial charge in [-0.1, -0.05) is 19.1 Å². The van der Waals surface area contributed by atoms with Crippen molar-refractivity contribution in [2.75, 3.05) is 0 Å². The highest BCUT2D eigenvalue weighted by atomic mass is 16.5. The Labute approximate surface area is 174 Å². The van der Waals surface area contributed by atoms with Crippen molar-refractivity contribution in [2.24, 2.45) is 5.73 Å². The zero-order valence-electron chi connectivity index (χ0n) is 16.6. The molecule has 0 fully saturated rings. The number of rotatable bonds is 6. The van der Waals surface area contributed by atoms with Crippen LogP contribution in [-0.4, -0.2) is 22.8 Å². The molecule has 2 aromatic carbocycles. The maximum absolute atomic E-state index is 12.4. The number of fused-ring (bicyclic) bond motifs is 1. The van der Waals surface area contributed by atoms with E-state index in [2.05, 4.69) is 4.98 Å². The monoisotopic (exact) mass is 402 g/mol. The average molecular weight is 402 g/mol. The molecule has 0 saturated heterocycles. The number of primary amides is 1. The summed E-state index contributed by atoms with van der Waals surface area (Å²) in [5, 5.41) is 0. The Kier molecular flexibility index (Phi) is 5.48. The predicted octanol–water partition coefficient (Wildman–Crippen LogP) is 4.09. The van der Waals surface area contributed by atoms with Gasteiger partial charge in [0.15, 0.2) is 5.78 Å². The Morgan fingerprint density at radius 2 is 1.83 bits per heavy atom. The van der Waals surface area contributed by atoms with Gasteiger partial charge in [-0.15, -0.1) is 0 Å². The second-order valence-electron chi connectivity index (χ2n) is 7.20. The summed E-state index contributed by atoms with van der Waals surface area (Å²) in [5.74, 6) is 0.736. The molecule has 0 saturated carbocycles. The van der Waals surface area contributed by atoms with Gasteiger partial charge in [0.25, 0.3) is 0 Å². The van der Waals surface area contributed by atoms with Crippen LogP contribution in [0.25, 0.3) is 0 Å². The van der Waals surface area contributed by atoms with Crippen molar-refractivity contribution in [2.45, 2.75) is 32.0 Å². The number of aromatic nitrogens is 1. The summed E-state index contributed by atoms with van der Waals surface area (Å²) >= 11 is 0. The molecule has 1 amide bonds. The van der Waals surface area contributed by atoms with Gasteiger partial charge in [-0.3, -0.25) is 14.6 Å². The van der Waals surface area contributed by atoms with Crippen LogP contribution < -0.4 is 15.2 Å². The molecule has 6 nitrogen and oxygen atoms in total. The first kappa shape index (κ1) is 19.6. The van der Waals surface area contributed by atoms with Crippen LogP contribution in [0, 0.1) is 0 Å². The standard InChI is InChI=1S/C24H22N2O4/c1-2-18-13-21(27)20-8-7-19(14-22(20)29-18)30-23(16-9-11-26-12-10-16)15-3-5-17(6-4-15)24(25)28/h3-12,14,18,23H,2,13H2,1H3,(H2,25,28)/t18?,23-/m0/s1. The largest absolute Gasteiger partial charge is 0.489 e. The van der Waals surface area contributed by atoms with Gasteiger partial charge >= 0.3 is 0 Å². The lowest BCUT2D eigenvalue weighted by atomic mass is 9.99. The zero-order chi connectivity index (χ0) is 21.1. The highest BCUT2D eigenvalue weighted by molar-refractivity contribution is 6.00. The van der Waals surface area contributed by atoms with E-state index in [-0.39, 0.29) is 11.9 Å².